The summed E-state index contributed by atoms with van der Waals surface area (Å²) in [6, 6.07) is 0. The maximum absolute atomic E-state index is 4.86. The van der Waals surface area contributed by atoms with Crippen LogP contribution >= 0.6 is 11.3 Å². The van der Waals surface area contributed by atoms with Gasteiger partial charge in [-0.15, -0.1) is 11.3 Å². The van der Waals surface area contributed by atoms with Crippen LogP contribution in [0.5, 0.6) is 0 Å². The minimum absolute atomic E-state index is 0.653. The van der Waals surface area contributed by atoms with Crippen LogP contribution in [0.15, 0.2) is 10.4 Å². The third-order valence-electron chi connectivity index (χ3n) is 5.20. The zero-order valence-corrected chi connectivity index (χ0v) is 17.4. The van der Waals surface area contributed by atoms with Crippen LogP contribution in [-0.4, -0.2) is 74.1 Å². The second-order valence-electron chi connectivity index (χ2n) is 7.65. The Morgan fingerprint density at radius 1 is 1.31 bits per heavy atom. The molecule has 1 unspecified atom stereocenters. The highest BCUT2D eigenvalue weighted by Crippen LogP contribution is 2.21. The molecule has 1 atom stereocenters. The monoisotopic (exact) mass is 378 g/mol. The highest BCUT2D eigenvalue weighted by atomic mass is 32.1. The number of nitrogens with zero attached hydrogens (tertiary/aromatic N) is 5. The van der Waals surface area contributed by atoms with Crippen molar-refractivity contribution in [1.29, 1.82) is 0 Å². The number of nitrogens with one attached hydrogen (secondary N) is 1. The minimum atomic E-state index is 0.653. The lowest BCUT2D eigenvalue weighted by atomic mass is 10.1. The molecule has 2 saturated heterocycles. The summed E-state index contributed by atoms with van der Waals surface area (Å²) in [5, 5.41) is 6.64. The van der Waals surface area contributed by atoms with Gasteiger partial charge in [0, 0.05) is 45.7 Å². The molecular weight excluding hydrogens is 344 g/mol. The van der Waals surface area contributed by atoms with Gasteiger partial charge >= 0.3 is 0 Å². The molecule has 0 amide bonds. The van der Waals surface area contributed by atoms with Crippen molar-refractivity contribution in [1.82, 2.24) is 20.1 Å². The number of hydrogen-bond donors (Lipinski definition) is 1. The second kappa shape index (κ2) is 9.55. The predicted molar refractivity (Wildman–Crippen MR) is 111 cm³/mol. The fourth-order valence-corrected chi connectivity index (χ4v) is 4.59. The summed E-state index contributed by atoms with van der Waals surface area (Å²) in [6.45, 7) is 9.79. The molecule has 3 rings (SSSR count). The molecule has 0 radical (unpaired) electrons. The third-order valence-corrected chi connectivity index (χ3v) is 6.26. The standard InChI is InChI=1S/C19H34N6S/c1-4-20-18(21-12-17-15-26-19(22-17)23(2)3)25-11-8-16(14-25)13-24-9-6-5-7-10-24/h15-16H,4-14H2,1-3H3,(H,20,21). The van der Waals surface area contributed by atoms with Gasteiger partial charge < -0.3 is 20.0 Å². The molecule has 2 fully saturated rings. The molecule has 1 aromatic heterocycles. The molecule has 146 valence electrons. The smallest absolute Gasteiger partial charge is 0.194 e. The van der Waals surface area contributed by atoms with E-state index in [1.54, 1.807) is 11.3 Å². The summed E-state index contributed by atoms with van der Waals surface area (Å²) in [7, 11) is 4.06. The lowest BCUT2D eigenvalue weighted by molar-refractivity contribution is 0.198. The molecule has 6 nitrogen and oxygen atoms in total. The van der Waals surface area contributed by atoms with E-state index in [0.717, 1.165) is 42.3 Å². The largest absolute Gasteiger partial charge is 0.357 e. The van der Waals surface area contributed by atoms with Gasteiger partial charge in [0.15, 0.2) is 11.1 Å². The Morgan fingerprint density at radius 2 is 2.12 bits per heavy atom. The van der Waals surface area contributed by atoms with E-state index >= 15 is 0 Å². The summed E-state index contributed by atoms with van der Waals surface area (Å²) in [4.78, 5) is 16.7. The van der Waals surface area contributed by atoms with Gasteiger partial charge in [-0.2, -0.15) is 0 Å². The molecule has 2 aliphatic heterocycles. The van der Waals surface area contributed by atoms with Crippen LogP contribution in [0.25, 0.3) is 0 Å². The fourth-order valence-electron chi connectivity index (χ4n) is 3.84. The summed E-state index contributed by atoms with van der Waals surface area (Å²) >= 11 is 1.68. The molecule has 0 aliphatic carbocycles. The van der Waals surface area contributed by atoms with Crippen LogP contribution < -0.4 is 10.2 Å². The van der Waals surface area contributed by atoms with E-state index in [9.17, 15) is 0 Å². The summed E-state index contributed by atoms with van der Waals surface area (Å²) in [5.74, 6) is 1.82. The second-order valence-corrected chi connectivity index (χ2v) is 8.48. The number of anilines is 1. The number of guanidine groups is 1. The van der Waals surface area contributed by atoms with Gasteiger partial charge in [0.1, 0.15) is 0 Å². The topological polar surface area (TPSA) is 47.0 Å². The Morgan fingerprint density at radius 3 is 2.81 bits per heavy atom. The molecule has 7 heteroatoms. The van der Waals surface area contributed by atoms with Gasteiger partial charge in [-0.25, -0.2) is 9.98 Å². The predicted octanol–water partition coefficient (Wildman–Crippen LogP) is 2.48. The molecule has 0 bridgehead atoms. The van der Waals surface area contributed by atoms with Gasteiger partial charge in [0.25, 0.3) is 0 Å². The summed E-state index contributed by atoms with van der Waals surface area (Å²) in [5.41, 5.74) is 1.05. The Balaban J connectivity index is 1.54. The zero-order chi connectivity index (χ0) is 18.4. The first-order valence-electron chi connectivity index (χ1n) is 10.0. The summed E-state index contributed by atoms with van der Waals surface area (Å²) in [6.07, 6.45) is 5.45. The van der Waals surface area contributed by atoms with E-state index in [1.165, 1.54) is 45.3 Å². The number of aromatic nitrogens is 1. The normalized spacial score (nSPS) is 22.0. The maximum Gasteiger partial charge on any atom is 0.194 e. The van der Waals surface area contributed by atoms with Crippen molar-refractivity contribution in [3.8, 4) is 0 Å². The molecule has 1 N–H and O–H groups in total. The van der Waals surface area contributed by atoms with Crippen LogP contribution in [0.1, 0.15) is 38.3 Å². The van der Waals surface area contributed by atoms with Crippen LogP contribution in [-0.2, 0) is 6.54 Å². The zero-order valence-electron chi connectivity index (χ0n) is 16.6. The third kappa shape index (κ3) is 5.33. The number of piperidine rings is 1. The molecule has 2 aliphatic rings. The Hall–Kier alpha value is -1.34. The molecule has 0 saturated carbocycles. The molecule has 1 aromatic rings. The van der Waals surface area contributed by atoms with E-state index in [1.807, 2.05) is 14.1 Å². The van der Waals surface area contributed by atoms with E-state index in [4.69, 9.17) is 4.99 Å². The Kier molecular flexibility index (Phi) is 7.14. The first-order chi connectivity index (χ1) is 12.7. The summed E-state index contributed by atoms with van der Waals surface area (Å²) < 4.78 is 0. The van der Waals surface area contributed by atoms with Crippen molar-refractivity contribution < 1.29 is 0 Å². The highest BCUT2D eigenvalue weighted by molar-refractivity contribution is 7.13. The quantitative estimate of drug-likeness (QED) is 0.609. The van der Waals surface area contributed by atoms with Crippen molar-refractivity contribution in [2.75, 3.05) is 58.3 Å². The molecular formula is C19H34N6S. The average Bonchev–Trinajstić information content (AvgIpc) is 3.29. The number of rotatable bonds is 6. The van der Waals surface area contributed by atoms with Gasteiger partial charge in [0.2, 0.25) is 0 Å². The lowest BCUT2D eigenvalue weighted by Gasteiger charge is -2.29. The van der Waals surface area contributed by atoms with Crippen LogP contribution in [0.3, 0.4) is 0 Å². The number of likely N-dealkylation sites (tertiary alicyclic amines) is 2. The molecule has 3 heterocycles. The SMILES string of the molecule is CCNC(=NCc1csc(N(C)C)n1)N1CCC(CN2CCCCC2)C1. The highest BCUT2D eigenvalue weighted by Gasteiger charge is 2.27. The van der Waals surface area contributed by atoms with E-state index in [-0.39, 0.29) is 0 Å². The number of aliphatic imine (C=N–C) groups is 1. The van der Waals surface area contributed by atoms with Crippen LogP contribution in [0.4, 0.5) is 5.13 Å². The number of thiazole rings is 1. The van der Waals surface area contributed by atoms with E-state index in [0.29, 0.717) is 6.54 Å². The maximum atomic E-state index is 4.86. The van der Waals surface area contributed by atoms with Crippen LogP contribution in [0, 0.1) is 5.92 Å². The van der Waals surface area contributed by atoms with Crippen LogP contribution in [0.2, 0.25) is 0 Å². The Labute approximate surface area is 162 Å². The van der Waals surface area contributed by atoms with Crippen molar-refractivity contribution in [2.24, 2.45) is 10.9 Å². The lowest BCUT2D eigenvalue weighted by Crippen LogP contribution is -2.41. The molecule has 0 spiro atoms. The Bertz CT molecular complexity index is 578. The first-order valence-corrected chi connectivity index (χ1v) is 10.9. The number of hydrogen-bond acceptors (Lipinski definition) is 5. The van der Waals surface area contributed by atoms with Gasteiger partial charge in [-0.05, 0) is 45.2 Å². The minimum Gasteiger partial charge on any atom is -0.357 e. The van der Waals surface area contributed by atoms with Gasteiger partial charge in [0.05, 0.1) is 12.2 Å². The van der Waals surface area contributed by atoms with Crippen molar-refractivity contribution in [3.63, 3.8) is 0 Å². The first kappa shape index (κ1) is 19.4. The molecule has 26 heavy (non-hydrogen) atoms. The van der Waals surface area contributed by atoms with Gasteiger partial charge in [-0.1, -0.05) is 6.42 Å². The van der Waals surface area contributed by atoms with E-state index < -0.39 is 0 Å². The van der Waals surface area contributed by atoms with E-state index in [2.05, 4.69) is 37.3 Å². The molecule has 0 aromatic carbocycles. The van der Waals surface area contributed by atoms with Crippen molar-refractivity contribution in [3.05, 3.63) is 11.1 Å². The average molecular weight is 379 g/mol. The van der Waals surface area contributed by atoms with Crippen molar-refractivity contribution >= 4 is 22.4 Å². The van der Waals surface area contributed by atoms with Gasteiger partial charge in [-0.3, -0.25) is 0 Å². The fraction of sp³-hybridized carbons (Fsp3) is 0.789. The van der Waals surface area contributed by atoms with Crippen molar-refractivity contribution in [2.45, 2.75) is 39.2 Å².